The van der Waals surface area contributed by atoms with Gasteiger partial charge in [0.1, 0.15) is 17.2 Å². The van der Waals surface area contributed by atoms with Crippen molar-refractivity contribution in [3.63, 3.8) is 0 Å². The van der Waals surface area contributed by atoms with E-state index in [1.54, 1.807) is 38.1 Å². The molecule has 0 aliphatic heterocycles. The highest BCUT2D eigenvalue weighted by Crippen LogP contribution is 2.40. The number of carbonyl (C=O) groups excluding carboxylic acids is 1. The summed E-state index contributed by atoms with van der Waals surface area (Å²) in [5.41, 5.74) is 2.04. The lowest BCUT2D eigenvalue weighted by Gasteiger charge is -2.22. The molecule has 0 aliphatic rings. The Morgan fingerprint density at radius 1 is 1.06 bits per heavy atom. The van der Waals surface area contributed by atoms with E-state index < -0.39 is 17.9 Å². The molecule has 0 unspecified atom stereocenters. The van der Waals surface area contributed by atoms with Crippen molar-refractivity contribution < 1.29 is 28.3 Å². The lowest BCUT2D eigenvalue weighted by molar-refractivity contribution is -0.136. The number of aliphatic carboxylic acids is 1. The third-order valence-electron chi connectivity index (χ3n) is 5.26. The minimum atomic E-state index is -0.896. The summed E-state index contributed by atoms with van der Waals surface area (Å²) >= 11 is 1.44. The van der Waals surface area contributed by atoms with Gasteiger partial charge in [0.05, 0.1) is 18.7 Å². The number of aromatic nitrogens is 1. The summed E-state index contributed by atoms with van der Waals surface area (Å²) in [6, 6.07) is 20.6. The van der Waals surface area contributed by atoms with Gasteiger partial charge in [-0.2, -0.15) is 0 Å². The summed E-state index contributed by atoms with van der Waals surface area (Å²) in [5, 5.41) is 13.2. The first kappa shape index (κ1) is 25.0. The average molecular weight is 507 g/mol. The molecule has 184 valence electrons. The van der Waals surface area contributed by atoms with E-state index in [0.717, 1.165) is 20.3 Å². The zero-order valence-corrected chi connectivity index (χ0v) is 20.4. The highest BCUT2D eigenvalue weighted by Gasteiger charge is 2.30. The van der Waals surface area contributed by atoms with E-state index in [-0.39, 0.29) is 30.2 Å². The number of carboxylic acids is 1. The Balaban J connectivity index is 1.69. The number of benzene rings is 3. The fourth-order valence-corrected chi connectivity index (χ4v) is 4.61. The van der Waals surface area contributed by atoms with E-state index >= 15 is 0 Å². The number of aryl methyl sites for hydroxylation is 1. The molecular weight excluding hydrogens is 483 g/mol. The molecule has 0 aliphatic carbocycles. The maximum absolute atomic E-state index is 14.7. The number of carboxylic acid groups (broad SMARTS) is 1. The molecule has 0 radical (unpaired) electrons. The molecule has 1 N–H and O–H groups in total. The van der Waals surface area contributed by atoms with Crippen LogP contribution in [0.25, 0.3) is 11.3 Å². The number of halogens is 1. The molecule has 1 amide bonds. The molecule has 0 saturated carbocycles. The van der Waals surface area contributed by atoms with E-state index in [1.807, 2.05) is 30.3 Å². The van der Waals surface area contributed by atoms with Gasteiger partial charge in [-0.05, 0) is 61.9 Å². The summed E-state index contributed by atoms with van der Waals surface area (Å²) in [5.74, 6) is -1.21. The molecule has 9 heteroatoms. The fourth-order valence-electron chi connectivity index (χ4n) is 3.66. The highest BCUT2D eigenvalue weighted by atomic mass is 32.2. The first-order chi connectivity index (χ1) is 17.4. The van der Waals surface area contributed by atoms with Crippen molar-refractivity contribution in [1.82, 2.24) is 5.16 Å². The van der Waals surface area contributed by atoms with Gasteiger partial charge in [-0.1, -0.05) is 47.3 Å². The number of hydrogen-bond donors (Lipinski definition) is 1. The Morgan fingerprint density at radius 3 is 2.44 bits per heavy atom. The van der Waals surface area contributed by atoms with Crippen LogP contribution in [-0.2, 0) is 16.0 Å². The van der Waals surface area contributed by atoms with Gasteiger partial charge in [-0.15, -0.1) is 0 Å². The van der Waals surface area contributed by atoms with Crippen LogP contribution in [-0.4, -0.2) is 28.9 Å². The third kappa shape index (κ3) is 5.41. The summed E-state index contributed by atoms with van der Waals surface area (Å²) in [7, 11) is 0. The molecule has 0 fully saturated rings. The van der Waals surface area contributed by atoms with Crippen molar-refractivity contribution in [2.45, 2.75) is 30.1 Å². The molecule has 0 spiro atoms. The van der Waals surface area contributed by atoms with Gasteiger partial charge in [0.2, 0.25) is 0 Å². The van der Waals surface area contributed by atoms with E-state index in [4.69, 9.17) is 9.26 Å². The smallest absolute Gasteiger partial charge is 0.419 e. The van der Waals surface area contributed by atoms with Crippen LogP contribution in [0.1, 0.15) is 18.2 Å². The van der Waals surface area contributed by atoms with E-state index in [9.17, 15) is 19.1 Å². The van der Waals surface area contributed by atoms with Crippen LogP contribution in [0.5, 0.6) is 0 Å². The molecule has 1 heterocycles. The van der Waals surface area contributed by atoms with E-state index in [1.165, 1.54) is 30.0 Å². The van der Waals surface area contributed by atoms with Crippen LogP contribution in [0.15, 0.2) is 87.1 Å². The van der Waals surface area contributed by atoms with Gasteiger partial charge in [0.15, 0.2) is 5.76 Å². The summed E-state index contributed by atoms with van der Waals surface area (Å²) < 4.78 is 25.5. The largest absolute Gasteiger partial charge is 0.481 e. The zero-order chi connectivity index (χ0) is 25.7. The van der Waals surface area contributed by atoms with Gasteiger partial charge in [0, 0.05) is 15.4 Å². The van der Waals surface area contributed by atoms with Gasteiger partial charge in [-0.25, -0.2) is 14.1 Å². The van der Waals surface area contributed by atoms with Crippen LogP contribution >= 0.6 is 11.8 Å². The Labute approximate surface area is 211 Å². The number of rotatable bonds is 8. The molecule has 4 aromatic rings. The summed E-state index contributed by atoms with van der Waals surface area (Å²) in [6.07, 6.45) is -0.820. The highest BCUT2D eigenvalue weighted by molar-refractivity contribution is 7.99. The Kier molecular flexibility index (Phi) is 7.70. The monoisotopic (exact) mass is 506 g/mol. The van der Waals surface area contributed by atoms with E-state index in [2.05, 4.69) is 5.16 Å². The number of nitrogens with zero attached hydrogens (tertiary/aromatic N) is 2. The lowest BCUT2D eigenvalue weighted by atomic mass is 10.1. The molecule has 4 rings (SSSR count). The number of anilines is 2. The minimum absolute atomic E-state index is 0.0192. The maximum atomic E-state index is 14.7. The Morgan fingerprint density at radius 2 is 1.75 bits per heavy atom. The topological polar surface area (TPSA) is 92.9 Å². The minimum Gasteiger partial charge on any atom is -0.481 e. The van der Waals surface area contributed by atoms with Gasteiger partial charge in [-0.3, -0.25) is 4.79 Å². The second-order valence-corrected chi connectivity index (χ2v) is 8.85. The molecule has 1 aromatic heterocycles. The van der Waals surface area contributed by atoms with Gasteiger partial charge >= 0.3 is 12.1 Å². The molecule has 0 atom stereocenters. The number of carbonyl (C=O) groups is 2. The Bertz CT molecular complexity index is 1390. The standard InChI is InChI=1S/C27H23FN2O5S/c1-3-34-27(33)30(22-10-6-5-9-21(22)28)25-17(2)29-35-26(25)18-12-14-20(15-13-18)36-23-11-7-4-8-19(23)16-24(31)32/h4-15H,3,16H2,1-2H3,(H,31,32). The van der Waals surface area contributed by atoms with Crippen LogP contribution < -0.4 is 4.90 Å². The normalized spacial score (nSPS) is 10.8. The first-order valence-corrected chi connectivity index (χ1v) is 12.0. The Hall–Kier alpha value is -4.11. The molecule has 36 heavy (non-hydrogen) atoms. The van der Waals surface area contributed by atoms with Crippen LogP contribution in [0, 0.1) is 12.7 Å². The number of amides is 1. The second kappa shape index (κ2) is 11.1. The van der Waals surface area contributed by atoms with Crippen molar-refractivity contribution in [3.05, 3.63) is 89.9 Å². The molecule has 0 bridgehead atoms. The van der Waals surface area contributed by atoms with Crippen LogP contribution in [0.4, 0.5) is 20.6 Å². The summed E-state index contributed by atoms with van der Waals surface area (Å²) in [6.45, 7) is 3.45. The predicted molar refractivity (Wildman–Crippen MR) is 134 cm³/mol. The molecule has 3 aromatic carbocycles. The van der Waals surface area contributed by atoms with Crippen LogP contribution in [0.2, 0.25) is 0 Å². The predicted octanol–water partition coefficient (Wildman–Crippen LogP) is 6.86. The van der Waals surface area contributed by atoms with Gasteiger partial charge < -0.3 is 14.4 Å². The van der Waals surface area contributed by atoms with Crippen molar-refractivity contribution in [2.75, 3.05) is 11.5 Å². The molecule has 0 saturated heterocycles. The summed E-state index contributed by atoms with van der Waals surface area (Å²) in [4.78, 5) is 27.0. The van der Waals surface area contributed by atoms with Crippen LogP contribution in [0.3, 0.4) is 0 Å². The second-order valence-electron chi connectivity index (χ2n) is 7.74. The van der Waals surface area contributed by atoms with Crippen molar-refractivity contribution in [3.8, 4) is 11.3 Å². The van der Waals surface area contributed by atoms with Crippen molar-refractivity contribution in [2.24, 2.45) is 0 Å². The van der Waals surface area contributed by atoms with E-state index in [0.29, 0.717) is 11.3 Å². The van der Waals surface area contributed by atoms with Crippen molar-refractivity contribution >= 4 is 35.2 Å². The maximum Gasteiger partial charge on any atom is 0.419 e. The average Bonchev–Trinajstić information content (AvgIpc) is 3.23. The van der Waals surface area contributed by atoms with Crippen molar-refractivity contribution in [1.29, 1.82) is 0 Å². The fraction of sp³-hybridized carbons (Fsp3) is 0.148. The lowest BCUT2D eigenvalue weighted by Crippen LogP contribution is -2.28. The number of ether oxygens (including phenoxy) is 1. The number of hydrogen-bond acceptors (Lipinski definition) is 6. The first-order valence-electron chi connectivity index (χ1n) is 11.1. The quantitative estimate of drug-likeness (QED) is 0.279. The molecular formula is C27H23FN2O5S. The zero-order valence-electron chi connectivity index (χ0n) is 19.6. The van der Waals surface area contributed by atoms with Gasteiger partial charge in [0.25, 0.3) is 0 Å². The molecule has 7 nitrogen and oxygen atoms in total. The number of para-hydroxylation sites is 1. The SMILES string of the molecule is CCOC(=O)N(c1ccccc1F)c1c(C)noc1-c1ccc(Sc2ccccc2CC(=O)O)cc1. The third-order valence-corrected chi connectivity index (χ3v) is 6.38.